The van der Waals surface area contributed by atoms with Crippen molar-refractivity contribution in [1.82, 2.24) is 5.32 Å². The van der Waals surface area contributed by atoms with E-state index >= 15 is 0 Å². The molecule has 19 heavy (non-hydrogen) atoms. The van der Waals surface area contributed by atoms with E-state index in [1.165, 1.54) is 5.56 Å². The van der Waals surface area contributed by atoms with Crippen LogP contribution in [0.15, 0.2) is 24.3 Å². The normalized spacial score (nSPS) is 19.7. The van der Waals surface area contributed by atoms with Gasteiger partial charge in [0.25, 0.3) is 0 Å². The van der Waals surface area contributed by atoms with Crippen LogP contribution >= 0.6 is 0 Å². The molecule has 1 aliphatic rings. The van der Waals surface area contributed by atoms with Gasteiger partial charge in [-0.1, -0.05) is 39.0 Å². The van der Waals surface area contributed by atoms with Crippen LogP contribution < -0.4 is 10.1 Å². The van der Waals surface area contributed by atoms with Gasteiger partial charge in [-0.3, -0.25) is 0 Å². The van der Waals surface area contributed by atoms with Crippen molar-refractivity contribution >= 4 is 0 Å². The van der Waals surface area contributed by atoms with Gasteiger partial charge in [-0.2, -0.15) is 0 Å². The largest absolute Gasteiger partial charge is 0.493 e. The molecule has 0 bridgehead atoms. The van der Waals surface area contributed by atoms with E-state index < -0.39 is 0 Å². The molecule has 0 aromatic heterocycles. The van der Waals surface area contributed by atoms with Crippen LogP contribution in [0.4, 0.5) is 0 Å². The van der Waals surface area contributed by atoms with Gasteiger partial charge in [-0.05, 0) is 31.7 Å². The summed E-state index contributed by atoms with van der Waals surface area (Å²) in [5, 5.41) is 3.83. The summed E-state index contributed by atoms with van der Waals surface area (Å²) in [6.07, 6.45) is 2.20. The molecule has 0 spiro atoms. The van der Waals surface area contributed by atoms with Crippen LogP contribution in [0.1, 0.15) is 59.1 Å². The molecule has 1 aromatic rings. The monoisotopic (exact) mass is 261 g/mol. The summed E-state index contributed by atoms with van der Waals surface area (Å²) in [4.78, 5) is 0. The third-order valence-electron chi connectivity index (χ3n) is 3.50. The number of hydrogen-bond acceptors (Lipinski definition) is 2. The fourth-order valence-electron chi connectivity index (χ4n) is 3.34. The van der Waals surface area contributed by atoms with Crippen LogP contribution in [0.3, 0.4) is 0 Å². The molecule has 1 unspecified atom stereocenters. The first-order valence-corrected chi connectivity index (χ1v) is 7.26. The molecule has 1 N–H and O–H groups in total. The van der Waals surface area contributed by atoms with Gasteiger partial charge >= 0.3 is 0 Å². The number of hydrogen-bond donors (Lipinski definition) is 1. The average Bonchev–Trinajstić information content (AvgIpc) is 2.25. The van der Waals surface area contributed by atoms with Crippen LogP contribution in [0, 0.1) is 5.41 Å². The molecular formula is C17H27NO. The molecule has 0 aliphatic carbocycles. The van der Waals surface area contributed by atoms with Gasteiger partial charge in [0.2, 0.25) is 0 Å². The summed E-state index contributed by atoms with van der Waals surface area (Å²) < 4.78 is 5.73. The third-order valence-corrected chi connectivity index (χ3v) is 3.50. The second-order valence-corrected chi connectivity index (χ2v) is 7.49. The molecule has 1 aromatic carbocycles. The molecule has 0 saturated carbocycles. The van der Waals surface area contributed by atoms with Gasteiger partial charge in [0.05, 0.1) is 6.61 Å². The number of benzene rings is 1. The first-order valence-electron chi connectivity index (χ1n) is 7.26. The molecular weight excluding hydrogens is 234 g/mol. The third kappa shape index (κ3) is 3.97. The van der Waals surface area contributed by atoms with Crippen LogP contribution in [0.2, 0.25) is 0 Å². The quantitative estimate of drug-likeness (QED) is 0.875. The standard InChI is InChI=1S/C17H27NO/c1-16(2,3)12-17(4,5)18-14-10-11-19-15-9-7-6-8-13(14)15/h6-9,14,18H,10-12H2,1-5H3. The Hall–Kier alpha value is -1.02. The molecule has 1 aliphatic heterocycles. The second-order valence-electron chi connectivity index (χ2n) is 7.49. The molecule has 2 rings (SSSR count). The molecule has 1 heterocycles. The van der Waals surface area contributed by atoms with Gasteiger partial charge in [0.1, 0.15) is 5.75 Å². The number of rotatable bonds is 3. The van der Waals surface area contributed by atoms with E-state index in [9.17, 15) is 0 Å². The Bertz CT molecular complexity index is 431. The zero-order valence-corrected chi connectivity index (χ0v) is 12.9. The SMILES string of the molecule is CC(C)(C)CC(C)(C)NC1CCOc2ccccc21. The lowest BCUT2D eigenvalue weighted by molar-refractivity contribution is 0.188. The van der Waals surface area contributed by atoms with E-state index in [1.54, 1.807) is 0 Å². The molecule has 0 radical (unpaired) electrons. The Kier molecular flexibility index (Phi) is 3.91. The number of nitrogens with one attached hydrogen (secondary N) is 1. The summed E-state index contributed by atoms with van der Waals surface area (Å²) in [5.41, 5.74) is 1.77. The number of fused-ring (bicyclic) bond motifs is 1. The first kappa shape index (κ1) is 14.4. The molecule has 0 fully saturated rings. The van der Waals surface area contributed by atoms with Crippen molar-refractivity contribution in [2.75, 3.05) is 6.61 Å². The maximum absolute atomic E-state index is 5.73. The predicted molar refractivity (Wildman–Crippen MR) is 80.6 cm³/mol. The molecule has 2 heteroatoms. The van der Waals surface area contributed by atoms with Crippen molar-refractivity contribution in [2.24, 2.45) is 5.41 Å². The number of ether oxygens (including phenoxy) is 1. The lowest BCUT2D eigenvalue weighted by atomic mass is 9.81. The van der Waals surface area contributed by atoms with Crippen molar-refractivity contribution in [3.8, 4) is 5.75 Å². The fourth-order valence-corrected chi connectivity index (χ4v) is 3.34. The Labute approximate surface area is 117 Å². The van der Waals surface area contributed by atoms with Crippen LogP contribution in [0.5, 0.6) is 5.75 Å². The minimum Gasteiger partial charge on any atom is -0.493 e. The van der Waals surface area contributed by atoms with Crippen LogP contribution in [0.25, 0.3) is 0 Å². The fraction of sp³-hybridized carbons (Fsp3) is 0.647. The molecule has 2 nitrogen and oxygen atoms in total. The van der Waals surface area contributed by atoms with Crippen LogP contribution in [-0.2, 0) is 0 Å². The smallest absolute Gasteiger partial charge is 0.124 e. The Morgan fingerprint density at radius 2 is 1.84 bits per heavy atom. The van der Waals surface area contributed by atoms with Crippen molar-refractivity contribution in [1.29, 1.82) is 0 Å². The highest BCUT2D eigenvalue weighted by Crippen LogP contribution is 2.35. The lowest BCUT2D eigenvalue weighted by Crippen LogP contribution is -2.45. The van der Waals surface area contributed by atoms with Crippen molar-refractivity contribution in [2.45, 2.75) is 59.0 Å². The molecule has 0 amide bonds. The molecule has 0 saturated heterocycles. The van der Waals surface area contributed by atoms with Crippen molar-refractivity contribution in [3.63, 3.8) is 0 Å². The van der Waals surface area contributed by atoms with Gasteiger partial charge in [-0.15, -0.1) is 0 Å². The summed E-state index contributed by atoms with van der Waals surface area (Å²) in [6, 6.07) is 8.79. The Balaban J connectivity index is 2.12. The minimum atomic E-state index is 0.132. The zero-order chi connectivity index (χ0) is 14.1. The maximum Gasteiger partial charge on any atom is 0.124 e. The Morgan fingerprint density at radius 3 is 2.53 bits per heavy atom. The number of para-hydroxylation sites is 1. The highest BCUT2D eigenvalue weighted by molar-refractivity contribution is 5.37. The van der Waals surface area contributed by atoms with Crippen molar-refractivity contribution in [3.05, 3.63) is 29.8 Å². The summed E-state index contributed by atoms with van der Waals surface area (Å²) in [7, 11) is 0. The van der Waals surface area contributed by atoms with E-state index in [1.807, 2.05) is 6.07 Å². The van der Waals surface area contributed by atoms with E-state index in [2.05, 4.69) is 58.1 Å². The maximum atomic E-state index is 5.73. The Morgan fingerprint density at radius 1 is 1.16 bits per heavy atom. The topological polar surface area (TPSA) is 21.3 Å². The van der Waals surface area contributed by atoms with Crippen LogP contribution in [-0.4, -0.2) is 12.1 Å². The van der Waals surface area contributed by atoms with E-state index in [0.717, 1.165) is 25.2 Å². The summed E-state index contributed by atoms with van der Waals surface area (Å²) in [6.45, 7) is 12.3. The first-order chi connectivity index (χ1) is 8.77. The highest BCUT2D eigenvalue weighted by atomic mass is 16.5. The minimum absolute atomic E-state index is 0.132. The molecule has 106 valence electrons. The highest BCUT2D eigenvalue weighted by Gasteiger charge is 2.30. The lowest BCUT2D eigenvalue weighted by Gasteiger charge is -2.38. The van der Waals surface area contributed by atoms with E-state index in [-0.39, 0.29) is 5.54 Å². The average molecular weight is 261 g/mol. The van der Waals surface area contributed by atoms with E-state index in [0.29, 0.717) is 11.5 Å². The second kappa shape index (κ2) is 5.16. The molecule has 1 atom stereocenters. The van der Waals surface area contributed by atoms with Crippen molar-refractivity contribution < 1.29 is 4.74 Å². The summed E-state index contributed by atoms with van der Waals surface area (Å²) >= 11 is 0. The van der Waals surface area contributed by atoms with Gasteiger partial charge in [-0.25, -0.2) is 0 Å². The van der Waals surface area contributed by atoms with Gasteiger partial charge in [0, 0.05) is 23.6 Å². The van der Waals surface area contributed by atoms with E-state index in [4.69, 9.17) is 4.74 Å². The van der Waals surface area contributed by atoms with Gasteiger partial charge in [0.15, 0.2) is 0 Å². The summed E-state index contributed by atoms with van der Waals surface area (Å²) in [5.74, 6) is 1.04. The predicted octanol–water partition coefficient (Wildman–Crippen LogP) is 4.31. The van der Waals surface area contributed by atoms with Gasteiger partial charge < -0.3 is 10.1 Å². The zero-order valence-electron chi connectivity index (χ0n) is 12.9.